The van der Waals surface area contributed by atoms with Crippen molar-refractivity contribution in [3.05, 3.63) is 28.8 Å². The van der Waals surface area contributed by atoms with Crippen molar-refractivity contribution >= 4 is 5.69 Å². The van der Waals surface area contributed by atoms with Gasteiger partial charge in [0.2, 0.25) is 0 Å². The Morgan fingerprint density at radius 3 is 2.32 bits per heavy atom. The number of anilines is 1. The monoisotopic (exact) mass is 260 g/mol. The second-order valence-electron chi connectivity index (χ2n) is 6.81. The largest absolute Gasteiger partial charge is 0.366 e. The lowest BCUT2D eigenvalue weighted by molar-refractivity contribution is 0.294. The van der Waals surface area contributed by atoms with E-state index in [0.717, 1.165) is 13.1 Å². The standard InChI is InChI=1S/C17H28N2/c1-12-8-13(2)16(14(3)9-12)19-11-15(10-18)6-7-17(19,4)5/h8-9,15H,6-7,10-11,18H2,1-5H3. The number of nitrogens with zero attached hydrogens (tertiary/aromatic N) is 1. The minimum absolute atomic E-state index is 0.233. The van der Waals surface area contributed by atoms with Crippen molar-refractivity contribution in [3.63, 3.8) is 0 Å². The number of rotatable bonds is 2. The van der Waals surface area contributed by atoms with Crippen LogP contribution in [0.2, 0.25) is 0 Å². The van der Waals surface area contributed by atoms with E-state index in [1.165, 1.54) is 35.2 Å². The molecule has 2 N–H and O–H groups in total. The fraction of sp³-hybridized carbons (Fsp3) is 0.647. The summed E-state index contributed by atoms with van der Waals surface area (Å²) in [6.45, 7) is 13.3. The molecule has 2 rings (SSSR count). The van der Waals surface area contributed by atoms with Crippen LogP contribution in [0.25, 0.3) is 0 Å². The van der Waals surface area contributed by atoms with E-state index in [2.05, 4.69) is 51.7 Å². The number of piperidine rings is 1. The van der Waals surface area contributed by atoms with E-state index in [-0.39, 0.29) is 5.54 Å². The molecular formula is C17H28N2. The highest BCUT2D eigenvalue weighted by atomic mass is 15.2. The molecule has 0 aromatic heterocycles. The summed E-state index contributed by atoms with van der Waals surface area (Å²) in [5.41, 5.74) is 11.7. The zero-order valence-corrected chi connectivity index (χ0v) is 13.1. The maximum atomic E-state index is 5.91. The van der Waals surface area contributed by atoms with Crippen LogP contribution in [-0.2, 0) is 0 Å². The molecule has 2 heteroatoms. The number of aryl methyl sites for hydroxylation is 3. The molecule has 1 aliphatic heterocycles. The summed E-state index contributed by atoms with van der Waals surface area (Å²) < 4.78 is 0. The van der Waals surface area contributed by atoms with E-state index in [0.29, 0.717) is 5.92 Å². The van der Waals surface area contributed by atoms with Gasteiger partial charge < -0.3 is 10.6 Å². The summed E-state index contributed by atoms with van der Waals surface area (Å²) >= 11 is 0. The average Bonchev–Trinajstić information content (AvgIpc) is 2.30. The smallest absolute Gasteiger partial charge is 0.0430 e. The van der Waals surface area contributed by atoms with E-state index >= 15 is 0 Å². The predicted molar refractivity (Wildman–Crippen MR) is 83.9 cm³/mol. The van der Waals surface area contributed by atoms with Crippen molar-refractivity contribution in [2.75, 3.05) is 18.0 Å². The van der Waals surface area contributed by atoms with Gasteiger partial charge in [0.15, 0.2) is 0 Å². The molecule has 0 amide bonds. The van der Waals surface area contributed by atoms with Crippen LogP contribution in [-0.4, -0.2) is 18.6 Å². The second-order valence-corrected chi connectivity index (χ2v) is 6.81. The van der Waals surface area contributed by atoms with Gasteiger partial charge in [-0.05, 0) is 71.0 Å². The molecule has 19 heavy (non-hydrogen) atoms. The Hall–Kier alpha value is -1.02. The maximum absolute atomic E-state index is 5.91. The average molecular weight is 260 g/mol. The van der Waals surface area contributed by atoms with Crippen LogP contribution in [0.5, 0.6) is 0 Å². The summed E-state index contributed by atoms with van der Waals surface area (Å²) in [4.78, 5) is 2.60. The molecule has 1 heterocycles. The van der Waals surface area contributed by atoms with E-state index in [4.69, 9.17) is 5.73 Å². The zero-order valence-electron chi connectivity index (χ0n) is 13.1. The van der Waals surface area contributed by atoms with Crippen LogP contribution < -0.4 is 10.6 Å². The SMILES string of the molecule is Cc1cc(C)c(N2CC(CN)CCC2(C)C)c(C)c1. The van der Waals surface area contributed by atoms with Crippen molar-refractivity contribution in [1.29, 1.82) is 0 Å². The Morgan fingerprint density at radius 1 is 1.21 bits per heavy atom. The third-order valence-corrected chi connectivity index (χ3v) is 4.57. The van der Waals surface area contributed by atoms with Crippen molar-refractivity contribution < 1.29 is 0 Å². The normalized spacial score (nSPS) is 22.6. The molecule has 1 unspecified atom stereocenters. The van der Waals surface area contributed by atoms with Crippen molar-refractivity contribution in [1.82, 2.24) is 0 Å². The summed E-state index contributed by atoms with van der Waals surface area (Å²) in [5.74, 6) is 0.633. The van der Waals surface area contributed by atoms with Gasteiger partial charge in [0.25, 0.3) is 0 Å². The van der Waals surface area contributed by atoms with Crippen LogP contribution in [0.1, 0.15) is 43.4 Å². The number of benzene rings is 1. The van der Waals surface area contributed by atoms with Crippen LogP contribution in [0.15, 0.2) is 12.1 Å². The summed E-state index contributed by atoms with van der Waals surface area (Å²) in [6.07, 6.45) is 2.48. The first-order valence-corrected chi connectivity index (χ1v) is 7.40. The molecule has 0 aliphatic carbocycles. The zero-order chi connectivity index (χ0) is 14.2. The highest BCUT2D eigenvalue weighted by Crippen LogP contribution is 2.38. The van der Waals surface area contributed by atoms with E-state index in [1.807, 2.05) is 0 Å². The number of hydrogen-bond donors (Lipinski definition) is 1. The maximum Gasteiger partial charge on any atom is 0.0430 e. The molecule has 0 spiro atoms. The molecule has 0 radical (unpaired) electrons. The minimum atomic E-state index is 0.233. The molecule has 0 bridgehead atoms. The van der Waals surface area contributed by atoms with Gasteiger partial charge in [-0.25, -0.2) is 0 Å². The molecule has 1 aromatic carbocycles. The van der Waals surface area contributed by atoms with E-state index in [9.17, 15) is 0 Å². The van der Waals surface area contributed by atoms with Crippen molar-refractivity contribution in [2.45, 2.75) is 53.0 Å². The number of hydrogen-bond acceptors (Lipinski definition) is 2. The Kier molecular flexibility index (Phi) is 3.91. The lowest BCUT2D eigenvalue weighted by Crippen LogP contribution is -2.52. The van der Waals surface area contributed by atoms with Crippen LogP contribution in [0, 0.1) is 26.7 Å². The van der Waals surface area contributed by atoms with Crippen LogP contribution in [0.3, 0.4) is 0 Å². The Balaban J connectivity index is 2.43. The molecule has 1 fully saturated rings. The first kappa shape index (κ1) is 14.4. The first-order valence-electron chi connectivity index (χ1n) is 7.40. The topological polar surface area (TPSA) is 29.3 Å². The van der Waals surface area contributed by atoms with Gasteiger partial charge in [-0.1, -0.05) is 17.7 Å². The molecule has 106 valence electrons. The molecule has 1 aliphatic rings. The fourth-order valence-corrected chi connectivity index (χ4v) is 3.47. The fourth-order valence-electron chi connectivity index (χ4n) is 3.47. The molecule has 1 saturated heterocycles. The Labute approximate surface area is 118 Å². The Morgan fingerprint density at radius 2 is 1.79 bits per heavy atom. The van der Waals surface area contributed by atoms with Gasteiger partial charge in [-0.2, -0.15) is 0 Å². The number of nitrogens with two attached hydrogens (primary N) is 1. The summed E-state index contributed by atoms with van der Waals surface area (Å²) in [7, 11) is 0. The van der Waals surface area contributed by atoms with Crippen molar-refractivity contribution in [3.8, 4) is 0 Å². The van der Waals surface area contributed by atoms with Gasteiger partial charge >= 0.3 is 0 Å². The predicted octanol–water partition coefficient (Wildman–Crippen LogP) is 3.57. The second kappa shape index (κ2) is 5.16. The minimum Gasteiger partial charge on any atom is -0.366 e. The molecule has 0 saturated carbocycles. The third-order valence-electron chi connectivity index (χ3n) is 4.57. The third kappa shape index (κ3) is 2.79. The van der Waals surface area contributed by atoms with Gasteiger partial charge in [0, 0.05) is 17.8 Å². The van der Waals surface area contributed by atoms with Gasteiger partial charge in [-0.3, -0.25) is 0 Å². The molecule has 1 aromatic rings. The lowest BCUT2D eigenvalue weighted by Gasteiger charge is -2.48. The first-order chi connectivity index (χ1) is 8.85. The molecule has 2 nitrogen and oxygen atoms in total. The molecule has 1 atom stereocenters. The van der Waals surface area contributed by atoms with E-state index < -0.39 is 0 Å². The quantitative estimate of drug-likeness (QED) is 0.881. The highest BCUT2D eigenvalue weighted by molar-refractivity contribution is 5.62. The molecular weight excluding hydrogens is 232 g/mol. The summed E-state index contributed by atoms with van der Waals surface area (Å²) in [5, 5.41) is 0. The Bertz CT molecular complexity index is 439. The van der Waals surface area contributed by atoms with E-state index in [1.54, 1.807) is 0 Å². The van der Waals surface area contributed by atoms with Gasteiger partial charge in [0.1, 0.15) is 0 Å². The van der Waals surface area contributed by atoms with Crippen molar-refractivity contribution in [2.24, 2.45) is 11.7 Å². The van der Waals surface area contributed by atoms with Crippen LogP contribution in [0.4, 0.5) is 5.69 Å². The highest BCUT2D eigenvalue weighted by Gasteiger charge is 2.35. The summed E-state index contributed by atoms with van der Waals surface area (Å²) in [6, 6.07) is 4.59. The van der Waals surface area contributed by atoms with Gasteiger partial charge in [-0.15, -0.1) is 0 Å². The van der Waals surface area contributed by atoms with Crippen LogP contribution >= 0.6 is 0 Å². The lowest BCUT2D eigenvalue weighted by atomic mass is 9.83. The van der Waals surface area contributed by atoms with Gasteiger partial charge in [0.05, 0.1) is 0 Å².